The molecule has 0 saturated carbocycles. The van der Waals surface area contributed by atoms with E-state index in [1.54, 1.807) is 0 Å². The fourth-order valence-corrected chi connectivity index (χ4v) is 1.68. The number of hydrogen-bond acceptors (Lipinski definition) is 5. The lowest BCUT2D eigenvalue weighted by molar-refractivity contribution is 0.0904. The molecular formula is C8H10Cl2N4O. The van der Waals surface area contributed by atoms with Crippen LogP contribution in [0, 0.1) is 0 Å². The normalized spacial score (nSPS) is 17.7. The Bertz CT molecular complexity index is 343. The molecule has 2 heterocycles. The maximum absolute atomic E-state index is 5.83. The maximum Gasteiger partial charge on any atom is 0.245 e. The molecule has 82 valence electrons. The highest BCUT2D eigenvalue weighted by Gasteiger charge is 2.16. The fraction of sp³-hybridized carbons (Fsp3) is 0.625. The molecule has 15 heavy (non-hydrogen) atoms. The van der Waals surface area contributed by atoms with Gasteiger partial charge in [-0.1, -0.05) is 11.6 Å². The van der Waals surface area contributed by atoms with Gasteiger partial charge in [-0.2, -0.15) is 4.98 Å². The van der Waals surface area contributed by atoms with Crippen LogP contribution in [0.1, 0.15) is 12.8 Å². The van der Waals surface area contributed by atoms with Crippen LogP contribution in [0.4, 0.5) is 5.82 Å². The third-order valence-electron chi connectivity index (χ3n) is 2.18. The molecule has 1 aliphatic rings. The molecule has 0 amide bonds. The molecule has 0 unspecified atom stereocenters. The molecule has 0 radical (unpaired) electrons. The molecule has 1 N–H and O–H groups in total. The standard InChI is InChI=1S/C8H10Cl2N4O/c9-6-7(12-8(10)14-13-6)11-5-1-3-15-4-2-5/h5H,1-4H2,(H,11,12,14). The number of halogens is 2. The number of ether oxygens (including phenoxy) is 1. The van der Waals surface area contributed by atoms with E-state index < -0.39 is 0 Å². The van der Waals surface area contributed by atoms with Crippen LogP contribution in [0.15, 0.2) is 0 Å². The highest BCUT2D eigenvalue weighted by atomic mass is 35.5. The third kappa shape index (κ3) is 2.90. The minimum atomic E-state index is 0.0916. The van der Waals surface area contributed by atoms with Crippen molar-refractivity contribution in [2.24, 2.45) is 0 Å². The van der Waals surface area contributed by atoms with Crippen molar-refractivity contribution >= 4 is 29.0 Å². The summed E-state index contributed by atoms with van der Waals surface area (Å²) in [5.74, 6) is 0.489. The average molecular weight is 249 g/mol. The zero-order valence-electron chi connectivity index (χ0n) is 7.91. The molecule has 1 saturated heterocycles. The van der Waals surface area contributed by atoms with Crippen LogP contribution >= 0.6 is 23.2 Å². The van der Waals surface area contributed by atoms with Crippen molar-refractivity contribution in [1.82, 2.24) is 15.2 Å². The molecular weight excluding hydrogens is 239 g/mol. The van der Waals surface area contributed by atoms with E-state index in [4.69, 9.17) is 27.9 Å². The summed E-state index contributed by atoms with van der Waals surface area (Å²) >= 11 is 11.5. The van der Waals surface area contributed by atoms with E-state index in [2.05, 4.69) is 20.5 Å². The Balaban J connectivity index is 2.05. The molecule has 0 bridgehead atoms. The number of rotatable bonds is 2. The summed E-state index contributed by atoms with van der Waals surface area (Å²) < 4.78 is 5.24. The molecule has 0 aromatic carbocycles. The van der Waals surface area contributed by atoms with Gasteiger partial charge in [0.1, 0.15) is 0 Å². The van der Waals surface area contributed by atoms with Crippen LogP contribution in [0.5, 0.6) is 0 Å². The van der Waals surface area contributed by atoms with E-state index in [0.29, 0.717) is 11.9 Å². The largest absolute Gasteiger partial charge is 0.381 e. The Morgan fingerprint density at radius 1 is 1.20 bits per heavy atom. The molecule has 0 aliphatic carbocycles. The van der Waals surface area contributed by atoms with E-state index in [1.165, 1.54) is 0 Å². The zero-order valence-corrected chi connectivity index (χ0v) is 9.42. The SMILES string of the molecule is Clc1nnc(Cl)c(NC2CCOCC2)n1. The van der Waals surface area contributed by atoms with Gasteiger partial charge in [0.25, 0.3) is 0 Å². The molecule has 5 nitrogen and oxygen atoms in total. The summed E-state index contributed by atoms with van der Waals surface area (Å²) in [4.78, 5) is 3.97. The van der Waals surface area contributed by atoms with Crippen molar-refractivity contribution < 1.29 is 4.74 Å². The highest BCUT2D eigenvalue weighted by Crippen LogP contribution is 2.20. The predicted molar refractivity (Wildman–Crippen MR) is 57.3 cm³/mol. The summed E-state index contributed by atoms with van der Waals surface area (Å²) in [6.07, 6.45) is 1.86. The quantitative estimate of drug-likeness (QED) is 0.865. The van der Waals surface area contributed by atoms with E-state index in [-0.39, 0.29) is 10.4 Å². The second kappa shape index (κ2) is 4.92. The van der Waals surface area contributed by atoms with Gasteiger partial charge >= 0.3 is 0 Å². The summed E-state index contributed by atoms with van der Waals surface area (Å²) in [5, 5.41) is 10.7. The Morgan fingerprint density at radius 3 is 2.67 bits per heavy atom. The van der Waals surface area contributed by atoms with E-state index in [1.807, 2.05) is 0 Å². The number of nitrogens with one attached hydrogen (secondary N) is 1. The Morgan fingerprint density at radius 2 is 1.93 bits per heavy atom. The van der Waals surface area contributed by atoms with Gasteiger partial charge in [-0.25, -0.2) is 0 Å². The van der Waals surface area contributed by atoms with Crippen molar-refractivity contribution in [1.29, 1.82) is 0 Å². The van der Waals surface area contributed by atoms with Crippen LogP contribution in [0.25, 0.3) is 0 Å². The van der Waals surface area contributed by atoms with Gasteiger partial charge in [0.2, 0.25) is 5.28 Å². The second-order valence-electron chi connectivity index (χ2n) is 3.25. The number of anilines is 1. The summed E-state index contributed by atoms with van der Waals surface area (Å²) in [5.41, 5.74) is 0. The number of hydrogen-bond donors (Lipinski definition) is 1. The van der Waals surface area contributed by atoms with E-state index in [0.717, 1.165) is 26.1 Å². The number of aromatic nitrogens is 3. The molecule has 7 heteroatoms. The molecule has 1 aromatic heterocycles. The van der Waals surface area contributed by atoms with Crippen molar-refractivity contribution in [2.45, 2.75) is 18.9 Å². The predicted octanol–water partition coefficient (Wildman–Crippen LogP) is 1.77. The van der Waals surface area contributed by atoms with Crippen LogP contribution in [0.2, 0.25) is 10.4 Å². The minimum absolute atomic E-state index is 0.0916. The lowest BCUT2D eigenvalue weighted by Crippen LogP contribution is -2.28. The van der Waals surface area contributed by atoms with Gasteiger partial charge < -0.3 is 10.1 Å². The van der Waals surface area contributed by atoms with Gasteiger partial charge in [0.05, 0.1) is 0 Å². The van der Waals surface area contributed by atoms with E-state index >= 15 is 0 Å². The summed E-state index contributed by atoms with van der Waals surface area (Å²) in [7, 11) is 0. The first-order valence-electron chi connectivity index (χ1n) is 4.65. The number of nitrogens with zero attached hydrogens (tertiary/aromatic N) is 3. The molecule has 1 aliphatic heterocycles. The first-order chi connectivity index (χ1) is 7.25. The topological polar surface area (TPSA) is 59.9 Å². The van der Waals surface area contributed by atoms with Crippen molar-refractivity contribution in [3.8, 4) is 0 Å². The Kier molecular flexibility index (Phi) is 3.56. The third-order valence-corrected chi connectivity index (χ3v) is 2.60. The molecule has 1 aromatic rings. The van der Waals surface area contributed by atoms with Crippen LogP contribution < -0.4 is 5.32 Å². The first kappa shape index (κ1) is 10.9. The fourth-order valence-electron chi connectivity index (χ4n) is 1.42. The van der Waals surface area contributed by atoms with Crippen molar-refractivity contribution in [3.05, 3.63) is 10.4 Å². The smallest absolute Gasteiger partial charge is 0.245 e. The second-order valence-corrected chi connectivity index (χ2v) is 3.95. The minimum Gasteiger partial charge on any atom is -0.381 e. The summed E-state index contributed by atoms with van der Waals surface area (Å²) in [6.45, 7) is 1.50. The van der Waals surface area contributed by atoms with Gasteiger partial charge in [-0.3, -0.25) is 0 Å². The monoisotopic (exact) mass is 248 g/mol. The van der Waals surface area contributed by atoms with Crippen LogP contribution in [-0.2, 0) is 4.74 Å². The van der Waals surface area contributed by atoms with Crippen molar-refractivity contribution in [3.63, 3.8) is 0 Å². The maximum atomic E-state index is 5.83. The molecule has 0 atom stereocenters. The lowest BCUT2D eigenvalue weighted by atomic mass is 10.1. The van der Waals surface area contributed by atoms with Crippen LogP contribution in [0.3, 0.4) is 0 Å². The molecule has 1 fully saturated rings. The van der Waals surface area contributed by atoms with Crippen LogP contribution in [-0.4, -0.2) is 34.4 Å². The Hall–Kier alpha value is -0.650. The van der Waals surface area contributed by atoms with E-state index in [9.17, 15) is 0 Å². The highest BCUT2D eigenvalue weighted by molar-refractivity contribution is 6.32. The molecule has 0 spiro atoms. The summed E-state index contributed by atoms with van der Waals surface area (Å²) in [6, 6.07) is 0.309. The zero-order chi connectivity index (χ0) is 10.7. The van der Waals surface area contributed by atoms with Gasteiger partial charge in [0, 0.05) is 19.3 Å². The average Bonchev–Trinajstić information content (AvgIpc) is 2.25. The van der Waals surface area contributed by atoms with Gasteiger partial charge in [0.15, 0.2) is 11.0 Å². The van der Waals surface area contributed by atoms with Gasteiger partial charge in [-0.15, -0.1) is 10.2 Å². The first-order valence-corrected chi connectivity index (χ1v) is 5.41. The lowest BCUT2D eigenvalue weighted by Gasteiger charge is -2.23. The Labute approximate surface area is 97.1 Å². The van der Waals surface area contributed by atoms with Gasteiger partial charge in [-0.05, 0) is 24.4 Å². The van der Waals surface area contributed by atoms with Crippen molar-refractivity contribution in [2.75, 3.05) is 18.5 Å². The molecule has 2 rings (SSSR count).